The first-order chi connectivity index (χ1) is 8.38. The molecule has 1 fully saturated rings. The molecule has 7 heteroatoms. The zero-order valence-corrected chi connectivity index (χ0v) is 11.1. The van der Waals surface area contributed by atoms with Gasteiger partial charge in [-0.15, -0.1) is 0 Å². The lowest BCUT2D eigenvalue weighted by Crippen LogP contribution is -2.37. The molecule has 0 amide bonds. The molecule has 1 aliphatic rings. The summed E-state index contributed by atoms with van der Waals surface area (Å²) in [6, 6.07) is 4.09. The first-order valence-corrected chi connectivity index (χ1v) is 7.53. The molecule has 0 spiro atoms. The van der Waals surface area contributed by atoms with Crippen LogP contribution in [0.4, 0.5) is 0 Å². The van der Waals surface area contributed by atoms with E-state index in [1.165, 1.54) is 18.2 Å². The van der Waals surface area contributed by atoms with E-state index in [9.17, 15) is 13.2 Å². The van der Waals surface area contributed by atoms with Gasteiger partial charge < -0.3 is 9.47 Å². The van der Waals surface area contributed by atoms with Gasteiger partial charge in [0.2, 0.25) is 0 Å². The smallest absolute Gasteiger partial charge is 0.338 e. The molecule has 0 N–H and O–H groups in total. The third-order valence-corrected chi connectivity index (χ3v) is 3.94. The zero-order chi connectivity index (χ0) is 13.3. The number of aryl methyl sites for hydroxylation is 1. The summed E-state index contributed by atoms with van der Waals surface area (Å²) in [6.45, 7) is 2.44. The maximum atomic E-state index is 11.8. The van der Waals surface area contributed by atoms with Crippen LogP contribution in [0.2, 0.25) is 0 Å². The van der Waals surface area contributed by atoms with E-state index >= 15 is 0 Å². The van der Waals surface area contributed by atoms with Crippen molar-refractivity contribution in [2.45, 2.75) is 17.9 Å². The number of carbonyl (C=O) groups excluding carboxylic acids is 1. The zero-order valence-electron chi connectivity index (χ0n) is 9.55. The van der Waals surface area contributed by atoms with Gasteiger partial charge in [-0.1, -0.05) is 6.07 Å². The first-order valence-electron chi connectivity index (χ1n) is 5.22. The lowest BCUT2D eigenvalue weighted by atomic mass is 10.1. The molecule has 0 radical (unpaired) electrons. The van der Waals surface area contributed by atoms with Crippen molar-refractivity contribution in [1.29, 1.82) is 0 Å². The molecule has 2 rings (SSSR count). The summed E-state index contributed by atoms with van der Waals surface area (Å²) in [5, 5.41) is 0. The van der Waals surface area contributed by atoms with Crippen LogP contribution in [-0.4, -0.2) is 33.7 Å². The number of hydrogen-bond acceptors (Lipinski definition) is 5. The fourth-order valence-electron chi connectivity index (χ4n) is 1.47. The molecular weight excluding hydrogens is 280 g/mol. The van der Waals surface area contributed by atoms with Crippen molar-refractivity contribution < 1.29 is 22.7 Å². The van der Waals surface area contributed by atoms with Crippen LogP contribution in [0.15, 0.2) is 23.1 Å². The normalized spacial score (nSPS) is 16.1. The van der Waals surface area contributed by atoms with Crippen molar-refractivity contribution >= 4 is 25.7 Å². The van der Waals surface area contributed by atoms with Crippen LogP contribution < -0.4 is 0 Å². The second-order valence-electron chi connectivity index (χ2n) is 3.98. The Hall–Kier alpha value is -1.11. The molecule has 98 valence electrons. The topological polar surface area (TPSA) is 69.7 Å². The fourth-order valence-corrected chi connectivity index (χ4v) is 2.25. The van der Waals surface area contributed by atoms with Gasteiger partial charge in [0.1, 0.15) is 6.10 Å². The molecule has 1 heterocycles. The Labute approximate surface area is 109 Å². The third kappa shape index (κ3) is 2.82. The molecule has 0 bridgehead atoms. The van der Waals surface area contributed by atoms with Crippen LogP contribution in [0.3, 0.4) is 0 Å². The van der Waals surface area contributed by atoms with Gasteiger partial charge in [-0.2, -0.15) is 0 Å². The Morgan fingerprint density at radius 3 is 2.61 bits per heavy atom. The Morgan fingerprint density at radius 1 is 1.44 bits per heavy atom. The van der Waals surface area contributed by atoms with Gasteiger partial charge in [-0.25, -0.2) is 13.2 Å². The van der Waals surface area contributed by atoms with Gasteiger partial charge in [0.15, 0.2) is 0 Å². The van der Waals surface area contributed by atoms with Crippen LogP contribution in [0.5, 0.6) is 0 Å². The van der Waals surface area contributed by atoms with E-state index in [0.29, 0.717) is 18.8 Å². The van der Waals surface area contributed by atoms with E-state index in [1.807, 2.05) is 0 Å². The van der Waals surface area contributed by atoms with E-state index in [0.717, 1.165) is 0 Å². The van der Waals surface area contributed by atoms with Crippen molar-refractivity contribution in [3.63, 3.8) is 0 Å². The minimum Gasteiger partial charge on any atom is -0.454 e. The molecule has 1 aromatic rings. The van der Waals surface area contributed by atoms with Gasteiger partial charge in [-0.3, -0.25) is 0 Å². The summed E-state index contributed by atoms with van der Waals surface area (Å²) >= 11 is 0. The highest BCUT2D eigenvalue weighted by molar-refractivity contribution is 8.13. The molecule has 0 aliphatic carbocycles. The number of hydrogen-bond donors (Lipinski definition) is 0. The summed E-state index contributed by atoms with van der Waals surface area (Å²) in [5.41, 5.74) is 0.827. The molecule has 0 saturated carbocycles. The van der Waals surface area contributed by atoms with E-state index in [-0.39, 0.29) is 16.6 Å². The average Bonchev–Trinajstić information content (AvgIpc) is 2.22. The van der Waals surface area contributed by atoms with Crippen LogP contribution in [0.25, 0.3) is 0 Å². The summed E-state index contributed by atoms with van der Waals surface area (Å²) < 4.78 is 32.4. The summed E-state index contributed by atoms with van der Waals surface area (Å²) in [7, 11) is 1.38. The first kappa shape index (κ1) is 13.3. The Bertz CT molecular complexity index is 577. The van der Waals surface area contributed by atoms with Crippen LogP contribution in [-0.2, 0) is 18.5 Å². The fraction of sp³-hybridized carbons (Fsp3) is 0.364. The van der Waals surface area contributed by atoms with E-state index in [1.54, 1.807) is 6.92 Å². The highest BCUT2D eigenvalue weighted by Gasteiger charge is 2.25. The second-order valence-corrected chi connectivity index (χ2v) is 6.55. The van der Waals surface area contributed by atoms with Gasteiger partial charge in [0.25, 0.3) is 9.05 Å². The number of esters is 1. The van der Waals surface area contributed by atoms with Crippen LogP contribution >= 0.6 is 10.7 Å². The molecule has 0 atom stereocenters. The summed E-state index contributed by atoms with van der Waals surface area (Å²) in [6.07, 6.45) is -0.256. The van der Waals surface area contributed by atoms with Crippen molar-refractivity contribution in [3.05, 3.63) is 29.3 Å². The number of halogens is 1. The highest BCUT2D eigenvalue weighted by atomic mass is 35.7. The maximum Gasteiger partial charge on any atom is 0.338 e. The predicted molar refractivity (Wildman–Crippen MR) is 64.2 cm³/mol. The monoisotopic (exact) mass is 290 g/mol. The quantitative estimate of drug-likeness (QED) is 0.623. The minimum absolute atomic E-state index is 0.119. The Kier molecular flexibility index (Phi) is 3.61. The summed E-state index contributed by atoms with van der Waals surface area (Å²) in [4.78, 5) is 11.7. The summed E-state index contributed by atoms with van der Waals surface area (Å²) in [5.74, 6) is -0.567. The van der Waals surface area contributed by atoms with E-state index in [2.05, 4.69) is 0 Å². The van der Waals surface area contributed by atoms with E-state index in [4.69, 9.17) is 20.2 Å². The lowest BCUT2D eigenvalue weighted by Gasteiger charge is -2.25. The van der Waals surface area contributed by atoms with Crippen molar-refractivity contribution in [3.8, 4) is 0 Å². The third-order valence-electron chi connectivity index (χ3n) is 2.59. The molecule has 5 nitrogen and oxygen atoms in total. The molecule has 0 unspecified atom stereocenters. The van der Waals surface area contributed by atoms with Gasteiger partial charge in [-0.05, 0) is 24.6 Å². The van der Waals surface area contributed by atoms with Gasteiger partial charge in [0, 0.05) is 10.7 Å². The average molecular weight is 291 g/mol. The Morgan fingerprint density at radius 2 is 2.11 bits per heavy atom. The SMILES string of the molecule is Cc1ccc(S(=O)(=O)Cl)cc1C(=O)OC1COC1. The molecular formula is C11H11ClO5S. The Balaban J connectivity index is 2.28. The van der Waals surface area contributed by atoms with Gasteiger partial charge in [0.05, 0.1) is 23.7 Å². The number of benzene rings is 1. The number of carbonyl (C=O) groups is 1. The predicted octanol–water partition coefficient (Wildman–Crippen LogP) is 1.48. The number of rotatable bonds is 3. The van der Waals surface area contributed by atoms with Crippen molar-refractivity contribution in [2.75, 3.05) is 13.2 Å². The molecule has 18 heavy (non-hydrogen) atoms. The van der Waals surface area contributed by atoms with Crippen molar-refractivity contribution in [1.82, 2.24) is 0 Å². The van der Waals surface area contributed by atoms with E-state index < -0.39 is 15.0 Å². The number of ether oxygens (including phenoxy) is 2. The molecule has 1 aromatic carbocycles. The molecule has 1 saturated heterocycles. The largest absolute Gasteiger partial charge is 0.454 e. The standard InChI is InChI=1S/C11H11ClO5S/c1-7-2-3-9(18(12,14)15)4-10(7)11(13)17-8-5-16-6-8/h2-4,8H,5-6H2,1H3. The maximum absolute atomic E-state index is 11.8. The van der Waals surface area contributed by atoms with Gasteiger partial charge >= 0.3 is 5.97 Å². The molecule has 0 aromatic heterocycles. The lowest BCUT2D eigenvalue weighted by molar-refractivity contribution is -0.103. The minimum atomic E-state index is -3.86. The van der Waals surface area contributed by atoms with Crippen molar-refractivity contribution in [2.24, 2.45) is 0 Å². The second kappa shape index (κ2) is 4.87. The molecule has 1 aliphatic heterocycles. The van der Waals surface area contributed by atoms with Crippen LogP contribution in [0, 0.1) is 6.92 Å². The highest BCUT2D eigenvalue weighted by Crippen LogP contribution is 2.20. The van der Waals surface area contributed by atoms with Crippen LogP contribution in [0.1, 0.15) is 15.9 Å².